The molecule has 0 aromatic heterocycles. The Balaban J connectivity index is 1.75. The van der Waals surface area contributed by atoms with Gasteiger partial charge in [0, 0.05) is 26.1 Å². The molecule has 1 unspecified atom stereocenters. The molecule has 0 amide bonds. The zero-order chi connectivity index (χ0) is 15.7. The summed E-state index contributed by atoms with van der Waals surface area (Å²) in [5.41, 5.74) is 0. The fraction of sp³-hybridized carbons (Fsp3) is 0.900. The summed E-state index contributed by atoms with van der Waals surface area (Å²) in [7, 11) is 0. The maximum absolute atomic E-state index is 5.74. The van der Waals surface area contributed by atoms with Gasteiger partial charge in [-0.3, -0.25) is 0 Å². The molecule has 22 heavy (non-hydrogen) atoms. The van der Waals surface area contributed by atoms with E-state index in [0.717, 1.165) is 32.5 Å². The highest BCUT2D eigenvalue weighted by atomic mass is 16.7. The number of unbranched alkanes of at least 4 members (excludes halogenated alkanes) is 9. The summed E-state index contributed by atoms with van der Waals surface area (Å²) in [6, 6.07) is 0. The average molecular weight is 309 g/mol. The minimum atomic E-state index is 0.0846. The third-order valence-corrected chi connectivity index (χ3v) is 4.17. The number of rotatable bonds is 12. The van der Waals surface area contributed by atoms with Gasteiger partial charge in [-0.1, -0.05) is 45.4 Å². The Hall–Kier alpha value is -0.520. The van der Waals surface area contributed by atoms with E-state index >= 15 is 0 Å². The molecule has 0 aromatic rings. The molecule has 0 spiro atoms. The molecule has 1 rings (SSSR count). The second-order valence-corrected chi connectivity index (χ2v) is 6.35. The first kappa shape index (κ1) is 19.5. The minimum Gasteiger partial charge on any atom is -0.353 e. The standard InChI is InChI=1S/C20H36O2/c1-2-3-4-5-6-7-8-9-10-11-12-13-15-18-21-20-17-14-16-19-22-20/h20H,2-6,9-19H2,1H3. The van der Waals surface area contributed by atoms with E-state index in [-0.39, 0.29) is 6.29 Å². The molecule has 0 aliphatic carbocycles. The molecule has 1 aliphatic heterocycles. The van der Waals surface area contributed by atoms with Crippen LogP contribution in [-0.4, -0.2) is 19.5 Å². The van der Waals surface area contributed by atoms with Crippen molar-refractivity contribution in [1.82, 2.24) is 0 Å². The van der Waals surface area contributed by atoms with Crippen LogP contribution >= 0.6 is 0 Å². The van der Waals surface area contributed by atoms with E-state index in [4.69, 9.17) is 9.47 Å². The topological polar surface area (TPSA) is 18.5 Å². The maximum atomic E-state index is 5.74. The predicted octanol–water partition coefficient (Wildman–Crippen LogP) is 5.84. The fourth-order valence-electron chi connectivity index (χ4n) is 2.72. The zero-order valence-electron chi connectivity index (χ0n) is 14.7. The van der Waals surface area contributed by atoms with Gasteiger partial charge < -0.3 is 9.47 Å². The van der Waals surface area contributed by atoms with Gasteiger partial charge in [0.25, 0.3) is 0 Å². The molecule has 2 nitrogen and oxygen atoms in total. The average Bonchev–Trinajstić information content (AvgIpc) is 2.56. The van der Waals surface area contributed by atoms with Crippen molar-refractivity contribution in [3.05, 3.63) is 0 Å². The van der Waals surface area contributed by atoms with Crippen molar-refractivity contribution in [1.29, 1.82) is 0 Å². The van der Waals surface area contributed by atoms with E-state index in [1.807, 2.05) is 0 Å². The molecule has 2 heteroatoms. The Morgan fingerprint density at radius 2 is 1.55 bits per heavy atom. The van der Waals surface area contributed by atoms with Crippen LogP contribution in [0.2, 0.25) is 0 Å². The van der Waals surface area contributed by atoms with Crippen LogP contribution in [0.4, 0.5) is 0 Å². The van der Waals surface area contributed by atoms with E-state index in [1.54, 1.807) is 0 Å². The van der Waals surface area contributed by atoms with Crippen LogP contribution in [-0.2, 0) is 9.47 Å². The number of ether oxygens (including phenoxy) is 2. The third-order valence-electron chi connectivity index (χ3n) is 4.17. The number of hydrogen-bond acceptors (Lipinski definition) is 2. The van der Waals surface area contributed by atoms with E-state index < -0.39 is 0 Å². The zero-order valence-corrected chi connectivity index (χ0v) is 14.7. The lowest BCUT2D eigenvalue weighted by Crippen LogP contribution is -2.22. The molecule has 0 aromatic carbocycles. The van der Waals surface area contributed by atoms with Gasteiger partial charge in [0.2, 0.25) is 0 Å². The third kappa shape index (κ3) is 12.1. The van der Waals surface area contributed by atoms with Gasteiger partial charge in [-0.05, 0) is 38.5 Å². The van der Waals surface area contributed by atoms with E-state index in [1.165, 1.54) is 70.6 Å². The van der Waals surface area contributed by atoms with E-state index in [9.17, 15) is 0 Å². The van der Waals surface area contributed by atoms with Gasteiger partial charge in [0.15, 0.2) is 6.29 Å². The minimum absolute atomic E-state index is 0.0846. The first-order chi connectivity index (χ1) is 10.9. The molecule has 0 saturated carbocycles. The second-order valence-electron chi connectivity index (χ2n) is 6.35. The van der Waals surface area contributed by atoms with Gasteiger partial charge in [-0.15, -0.1) is 11.8 Å². The molecule has 0 bridgehead atoms. The Morgan fingerprint density at radius 3 is 2.23 bits per heavy atom. The van der Waals surface area contributed by atoms with Crippen molar-refractivity contribution in [2.24, 2.45) is 0 Å². The molecule has 1 atom stereocenters. The van der Waals surface area contributed by atoms with E-state index in [0.29, 0.717) is 0 Å². The normalized spacial score (nSPS) is 18.0. The lowest BCUT2D eigenvalue weighted by atomic mass is 10.1. The lowest BCUT2D eigenvalue weighted by Gasteiger charge is -2.22. The van der Waals surface area contributed by atoms with Crippen LogP contribution in [0.25, 0.3) is 0 Å². The van der Waals surface area contributed by atoms with Gasteiger partial charge in [0.05, 0.1) is 0 Å². The van der Waals surface area contributed by atoms with Crippen LogP contribution < -0.4 is 0 Å². The second kappa shape index (κ2) is 15.4. The lowest BCUT2D eigenvalue weighted by molar-refractivity contribution is -0.162. The van der Waals surface area contributed by atoms with Crippen molar-refractivity contribution in [2.45, 2.75) is 103 Å². The Kier molecular flexibility index (Phi) is 13.6. The molecule has 128 valence electrons. The Morgan fingerprint density at radius 1 is 0.864 bits per heavy atom. The first-order valence-electron chi connectivity index (χ1n) is 9.62. The van der Waals surface area contributed by atoms with Gasteiger partial charge in [-0.2, -0.15) is 0 Å². The van der Waals surface area contributed by atoms with Gasteiger partial charge in [-0.25, -0.2) is 0 Å². The quantitative estimate of drug-likeness (QED) is 0.333. The summed E-state index contributed by atoms with van der Waals surface area (Å²) in [4.78, 5) is 0. The van der Waals surface area contributed by atoms with Crippen LogP contribution in [0.15, 0.2) is 0 Å². The molecule has 0 N–H and O–H groups in total. The smallest absolute Gasteiger partial charge is 0.157 e. The SMILES string of the molecule is CCCCCCC#CCCCCCCCOC1CCCCO1. The van der Waals surface area contributed by atoms with Crippen molar-refractivity contribution < 1.29 is 9.47 Å². The first-order valence-corrected chi connectivity index (χ1v) is 9.62. The highest BCUT2D eigenvalue weighted by Gasteiger charge is 2.13. The predicted molar refractivity (Wildman–Crippen MR) is 93.8 cm³/mol. The molecule has 0 radical (unpaired) electrons. The van der Waals surface area contributed by atoms with Crippen molar-refractivity contribution in [3.8, 4) is 11.8 Å². The van der Waals surface area contributed by atoms with Crippen LogP contribution in [0.1, 0.15) is 96.8 Å². The largest absolute Gasteiger partial charge is 0.353 e. The highest BCUT2D eigenvalue weighted by molar-refractivity contribution is 4.98. The Bertz CT molecular complexity index is 284. The monoisotopic (exact) mass is 308 g/mol. The summed E-state index contributed by atoms with van der Waals surface area (Å²) < 4.78 is 11.3. The van der Waals surface area contributed by atoms with Crippen molar-refractivity contribution in [3.63, 3.8) is 0 Å². The highest BCUT2D eigenvalue weighted by Crippen LogP contribution is 2.14. The summed E-state index contributed by atoms with van der Waals surface area (Å²) in [6.45, 7) is 3.99. The van der Waals surface area contributed by atoms with Crippen LogP contribution in [0.3, 0.4) is 0 Å². The molecule has 1 saturated heterocycles. The molecule has 1 fully saturated rings. The van der Waals surface area contributed by atoms with Gasteiger partial charge >= 0.3 is 0 Å². The summed E-state index contributed by atoms with van der Waals surface area (Å²) in [6.07, 6.45) is 17.4. The van der Waals surface area contributed by atoms with Crippen LogP contribution in [0.5, 0.6) is 0 Å². The molecule has 1 heterocycles. The molecule has 1 aliphatic rings. The maximum Gasteiger partial charge on any atom is 0.157 e. The molecular weight excluding hydrogens is 272 g/mol. The van der Waals surface area contributed by atoms with Crippen molar-refractivity contribution in [2.75, 3.05) is 13.2 Å². The molecular formula is C20H36O2. The summed E-state index contributed by atoms with van der Waals surface area (Å²) in [5, 5.41) is 0. The Labute approximate surface area is 138 Å². The summed E-state index contributed by atoms with van der Waals surface area (Å²) >= 11 is 0. The van der Waals surface area contributed by atoms with Gasteiger partial charge in [0.1, 0.15) is 0 Å². The van der Waals surface area contributed by atoms with Crippen molar-refractivity contribution >= 4 is 0 Å². The van der Waals surface area contributed by atoms with Crippen LogP contribution in [0, 0.1) is 11.8 Å². The van der Waals surface area contributed by atoms with E-state index in [2.05, 4.69) is 18.8 Å². The summed E-state index contributed by atoms with van der Waals surface area (Å²) in [5.74, 6) is 6.62. The number of hydrogen-bond donors (Lipinski definition) is 0. The fourth-order valence-corrected chi connectivity index (χ4v) is 2.72.